The number of nitrogens with one attached hydrogen (secondary N) is 1. The van der Waals surface area contributed by atoms with Crippen LogP contribution < -0.4 is 4.31 Å². The van der Waals surface area contributed by atoms with Gasteiger partial charge in [-0.15, -0.1) is 0 Å². The van der Waals surface area contributed by atoms with Crippen molar-refractivity contribution in [2.45, 2.75) is 18.7 Å². The minimum atomic E-state index is -3.65. The van der Waals surface area contributed by atoms with Crippen LogP contribution in [-0.4, -0.2) is 47.8 Å². The number of carbonyl (C=O) groups is 1. The van der Waals surface area contributed by atoms with E-state index in [9.17, 15) is 13.2 Å². The van der Waals surface area contributed by atoms with Crippen LogP contribution in [0, 0.1) is 6.92 Å². The zero-order valence-electron chi connectivity index (χ0n) is 20.4. The summed E-state index contributed by atoms with van der Waals surface area (Å²) in [6.45, 7) is 3.95. The third kappa shape index (κ3) is 3.52. The maximum Gasteiger partial charge on any atom is 0.338 e. The molecular formula is C27H23N5O4S. The lowest BCUT2D eigenvalue weighted by Crippen LogP contribution is -2.30. The first-order valence-electron chi connectivity index (χ1n) is 11.7. The third-order valence-corrected chi connectivity index (χ3v) is 8.37. The fourth-order valence-corrected chi connectivity index (χ4v) is 6.15. The topological polar surface area (TPSA) is 110 Å². The fraction of sp³-hybridized carbons (Fsp3) is 0.148. The minimum absolute atomic E-state index is 0.251. The Morgan fingerprint density at radius 2 is 1.81 bits per heavy atom. The molecule has 0 spiro atoms. The first kappa shape index (κ1) is 23.0. The summed E-state index contributed by atoms with van der Waals surface area (Å²) in [7, 11) is -2.10. The summed E-state index contributed by atoms with van der Waals surface area (Å²) in [4.78, 5) is 20.2. The van der Waals surface area contributed by atoms with Crippen LogP contribution in [-0.2, 0) is 14.8 Å². The minimum Gasteiger partial charge on any atom is -0.462 e. The number of nitrogens with zero attached hydrogens (tertiary/aromatic N) is 4. The number of esters is 1. The second-order valence-electron chi connectivity index (χ2n) is 8.75. The van der Waals surface area contributed by atoms with E-state index < -0.39 is 10.0 Å². The van der Waals surface area contributed by atoms with Crippen LogP contribution in [0.1, 0.15) is 23.0 Å². The van der Waals surface area contributed by atoms with Gasteiger partial charge in [-0.25, -0.2) is 22.9 Å². The highest BCUT2D eigenvalue weighted by Gasteiger charge is 2.36. The number of H-pyrrole nitrogens is 1. The van der Waals surface area contributed by atoms with Crippen LogP contribution >= 0.6 is 0 Å². The van der Waals surface area contributed by atoms with Gasteiger partial charge in [-0.05, 0) is 62.4 Å². The van der Waals surface area contributed by atoms with Gasteiger partial charge in [0.1, 0.15) is 17.2 Å². The largest absolute Gasteiger partial charge is 0.462 e. The molecule has 9 nitrogen and oxygen atoms in total. The molecule has 1 aliphatic heterocycles. The molecule has 0 atom stereocenters. The van der Waals surface area contributed by atoms with Crippen molar-refractivity contribution in [1.29, 1.82) is 0 Å². The average Bonchev–Trinajstić information content (AvgIpc) is 3.48. The predicted molar refractivity (Wildman–Crippen MR) is 140 cm³/mol. The predicted octanol–water partition coefficient (Wildman–Crippen LogP) is 4.71. The van der Waals surface area contributed by atoms with E-state index >= 15 is 0 Å². The van der Waals surface area contributed by atoms with Crippen molar-refractivity contribution >= 4 is 32.7 Å². The van der Waals surface area contributed by atoms with E-state index in [1.807, 2.05) is 37.3 Å². The average molecular weight is 514 g/mol. The smallest absolute Gasteiger partial charge is 0.338 e. The highest BCUT2D eigenvalue weighted by atomic mass is 32.2. The number of anilines is 1. The van der Waals surface area contributed by atoms with Crippen LogP contribution in [0.2, 0.25) is 0 Å². The summed E-state index contributed by atoms with van der Waals surface area (Å²) in [6.07, 6.45) is 0. The number of rotatable bonds is 4. The molecule has 0 saturated heterocycles. The SMILES string of the molecule is CCOC(=O)c1ccc2nc(-c3ccc(-n4nc5c(c4C)N(C)S(=O)(=O)c4ccccc4-5)cc3)[nH]c2c1. The second-order valence-corrected chi connectivity index (χ2v) is 10.7. The van der Waals surface area contributed by atoms with Gasteiger partial charge in [0.25, 0.3) is 10.0 Å². The molecule has 37 heavy (non-hydrogen) atoms. The molecule has 5 aromatic rings. The van der Waals surface area contributed by atoms with E-state index in [2.05, 4.69) is 9.97 Å². The number of sulfonamides is 1. The number of carbonyl (C=O) groups excluding carboxylic acids is 1. The number of imidazole rings is 1. The molecule has 0 unspecified atom stereocenters. The molecule has 2 aromatic heterocycles. The molecule has 0 amide bonds. The number of aromatic nitrogens is 4. The molecule has 1 N–H and O–H groups in total. The highest BCUT2D eigenvalue weighted by Crippen LogP contribution is 2.43. The molecule has 10 heteroatoms. The number of aromatic amines is 1. The van der Waals surface area contributed by atoms with Crippen molar-refractivity contribution < 1.29 is 17.9 Å². The van der Waals surface area contributed by atoms with Gasteiger partial charge in [0.15, 0.2) is 0 Å². The zero-order chi connectivity index (χ0) is 25.9. The maximum absolute atomic E-state index is 13.1. The first-order chi connectivity index (χ1) is 17.8. The molecule has 6 rings (SSSR count). The first-order valence-corrected chi connectivity index (χ1v) is 13.2. The Kier molecular flexibility index (Phi) is 5.16. The Labute approximate surface area is 213 Å². The molecule has 186 valence electrons. The van der Waals surface area contributed by atoms with E-state index in [-0.39, 0.29) is 10.9 Å². The Morgan fingerprint density at radius 1 is 1.05 bits per heavy atom. The quantitative estimate of drug-likeness (QED) is 0.349. The van der Waals surface area contributed by atoms with E-state index in [0.29, 0.717) is 34.9 Å². The van der Waals surface area contributed by atoms with Crippen LogP contribution in [0.15, 0.2) is 71.6 Å². The van der Waals surface area contributed by atoms with Crippen molar-refractivity contribution in [2.75, 3.05) is 18.0 Å². The molecule has 1 aliphatic rings. The van der Waals surface area contributed by atoms with Crippen LogP contribution in [0.4, 0.5) is 5.69 Å². The summed E-state index contributed by atoms with van der Waals surface area (Å²) in [5.41, 5.74) is 6.11. The van der Waals surface area contributed by atoms with Gasteiger partial charge >= 0.3 is 5.97 Å². The Hall–Kier alpha value is -4.44. The Bertz CT molecular complexity index is 1800. The number of hydrogen-bond donors (Lipinski definition) is 1. The van der Waals surface area contributed by atoms with Gasteiger partial charge in [-0.3, -0.25) is 4.31 Å². The maximum atomic E-state index is 13.1. The lowest BCUT2D eigenvalue weighted by atomic mass is 10.1. The monoisotopic (exact) mass is 513 g/mol. The van der Waals surface area contributed by atoms with E-state index in [1.165, 1.54) is 4.31 Å². The molecular weight excluding hydrogens is 490 g/mol. The lowest BCUT2D eigenvalue weighted by Gasteiger charge is -2.26. The zero-order valence-corrected chi connectivity index (χ0v) is 21.2. The number of ether oxygens (including phenoxy) is 1. The van der Waals surface area contributed by atoms with Gasteiger partial charge < -0.3 is 9.72 Å². The van der Waals surface area contributed by atoms with Gasteiger partial charge in [-0.2, -0.15) is 5.10 Å². The Morgan fingerprint density at radius 3 is 2.57 bits per heavy atom. The van der Waals surface area contributed by atoms with Gasteiger partial charge in [0, 0.05) is 18.2 Å². The summed E-state index contributed by atoms with van der Waals surface area (Å²) in [5.74, 6) is 0.294. The standard InChI is InChI=1S/C27H23N5O4S/c1-4-36-27(33)18-11-14-21-22(15-18)29-26(28-21)17-9-12-19(13-10-17)32-16(2)25-24(30-32)20-7-5-6-8-23(20)37(34,35)31(25)3/h5-15H,4H2,1-3H3,(H,28,29). The van der Waals surface area contributed by atoms with Crippen molar-refractivity contribution in [3.05, 3.63) is 78.0 Å². The molecule has 3 aromatic carbocycles. The summed E-state index contributed by atoms with van der Waals surface area (Å²) in [5, 5.41) is 4.80. The summed E-state index contributed by atoms with van der Waals surface area (Å²) >= 11 is 0. The molecule has 0 saturated carbocycles. The molecule has 3 heterocycles. The number of benzene rings is 3. The van der Waals surface area contributed by atoms with Crippen LogP contribution in [0.5, 0.6) is 0 Å². The summed E-state index contributed by atoms with van der Waals surface area (Å²) < 4.78 is 34.3. The van der Waals surface area contributed by atoms with Crippen LogP contribution in [0.25, 0.3) is 39.4 Å². The van der Waals surface area contributed by atoms with Gasteiger partial charge in [0.2, 0.25) is 0 Å². The molecule has 0 radical (unpaired) electrons. The molecule has 0 bridgehead atoms. The van der Waals surface area contributed by atoms with E-state index in [1.54, 1.807) is 55.1 Å². The number of hydrogen-bond acceptors (Lipinski definition) is 6. The normalized spacial score (nSPS) is 13.9. The van der Waals surface area contributed by atoms with Gasteiger partial charge in [0.05, 0.1) is 39.5 Å². The highest BCUT2D eigenvalue weighted by molar-refractivity contribution is 7.93. The van der Waals surface area contributed by atoms with E-state index in [4.69, 9.17) is 9.84 Å². The molecule has 0 fully saturated rings. The third-order valence-electron chi connectivity index (χ3n) is 6.56. The lowest BCUT2D eigenvalue weighted by molar-refractivity contribution is 0.0526. The van der Waals surface area contributed by atoms with Crippen LogP contribution in [0.3, 0.4) is 0 Å². The van der Waals surface area contributed by atoms with Gasteiger partial charge in [-0.1, -0.05) is 18.2 Å². The van der Waals surface area contributed by atoms with Crippen molar-refractivity contribution in [3.63, 3.8) is 0 Å². The summed E-state index contributed by atoms with van der Waals surface area (Å²) in [6, 6.07) is 19.8. The second kappa shape index (κ2) is 8.31. The van der Waals surface area contributed by atoms with Crippen molar-refractivity contribution in [1.82, 2.24) is 19.7 Å². The van der Waals surface area contributed by atoms with Crippen molar-refractivity contribution in [2.24, 2.45) is 0 Å². The number of fused-ring (bicyclic) bond motifs is 4. The molecule has 0 aliphatic carbocycles. The van der Waals surface area contributed by atoms with Crippen molar-refractivity contribution in [3.8, 4) is 28.3 Å². The fourth-order valence-electron chi connectivity index (χ4n) is 4.71. The van der Waals surface area contributed by atoms with E-state index in [0.717, 1.165) is 28.0 Å². The Balaban J connectivity index is 1.37.